The summed E-state index contributed by atoms with van der Waals surface area (Å²) in [5.41, 5.74) is 1.88. The van der Waals surface area contributed by atoms with Crippen molar-refractivity contribution in [3.8, 4) is 17.4 Å². The molecule has 128 valence electrons. The van der Waals surface area contributed by atoms with Crippen molar-refractivity contribution in [1.29, 1.82) is 0 Å². The quantitative estimate of drug-likeness (QED) is 0.420. The van der Waals surface area contributed by atoms with Crippen molar-refractivity contribution in [1.82, 2.24) is 9.97 Å². The van der Waals surface area contributed by atoms with Gasteiger partial charge in [0.25, 0.3) is 0 Å². The second kappa shape index (κ2) is 8.23. The zero-order valence-electron chi connectivity index (χ0n) is 13.9. The maximum Gasteiger partial charge on any atom is 0.223 e. The third-order valence-electron chi connectivity index (χ3n) is 3.41. The molecule has 0 N–H and O–H groups in total. The third kappa shape index (κ3) is 4.65. The summed E-state index contributed by atoms with van der Waals surface area (Å²) >= 11 is 7.72. The van der Waals surface area contributed by atoms with Crippen LogP contribution < -0.4 is 9.47 Å². The minimum Gasteiger partial charge on any atom is -0.493 e. The van der Waals surface area contributed by atoms with Gasteiger partial charge in [0.15, 0.2) is 16.7 Å². The Morgan fingerprint density at radius 1 is 1.00 bits per heavy atom. The predicted molar refractivity (Wildman–Crippen MR) is 101 cm³/mol. The highest BCUT2D eigenvalue weighted by atomic mass is 35.5. The molecule has 0 amide bonds. The first-order valence-corrected chi connectivity index (χ1v) is 9.05. The van der Waals surface area contributed by atoms with Gasteiger partial charge in [-0.25, -0.2) is 4.98 Å². The van der Waals surface area contributed by atoms with Crippen molar-refractivity contribution < 1.29 is 9.47 Å². The smallest absolute Gasteiger partial charge is 0.223 e. The van der Waals surface area contributed by atoms with Gasteiger partial charge in [-0.05, 0) is 30.7 Å². The van der Waals surface area contributed by atoms with E-state index in [1.807, 2.05) is 55.5 Å². The Kier molecular flexibility index (Phi) is 5.79. The minimum atomic E-state index is 0.485. The minimum absolute atomic E-state index is 0.485. The summed E-state index contributed by atoms with van der Waals surface area (Å²) in [6.45, 7) is 1.91. The summed E-state index contributed by atoms with van der Waals surface area (Å²) in [5.74, 6) is 2.45. The number of nitrogens with zero attached hydrogens (tertiary/aromatic N) is 2. The molecule has 25 heavy (non-hydrogen) atoms. The fourth-order valence-corrected chi connectivity index (χ4v) is 3.38. The molecule has 0 saturated carbocycles. The summed E-state index contributed by atoms with van der Waals surface area (Å²) in [4.78, 5) is 8.94. The van der Waals surface area contributed by atoms with E-state index in [-0.39, 0.29) is 0 Å². The SMILES string of the molecule is COc1ccccc1Oc1cc(C)nc(SCc2ccccc2Cl)n1. The number of hydrogen-bond acceptors (Lipinski definition) is 5. The molecule has 0 atom stereocenters. The number of thioether (sulfide) groups is 1. The molecule has 1 heterocycles. The van der Waals surface area contributed by atoms with Gasteiger partial charge < -0.3 is 9.47 Å². The van der Waals surface area contributed by atoms with E-state index in [1.54, 1.807) is 13.2 Å². The lowest BCUT2D eigenvalue weighted by molar-refractivity contribution is 0.372. The number of hydrogen-bond donors (Lipinski definition) is 0. The van der Waals surface area contributed by atoms with Crippen molar-refractivity contribution in [2.75, 3.05) is 7.11 Å². The Morgan fingerprint density at radius 2 is 1.72 bits per heavy atom. The summed E-state index contributed by atoms with van der Waals surface area (Å²) in [5, 5.41) is 1.39. The van der Waals surface area contributed by atoms with Gasteiger partial charge in [0.2, 0.25) is 5.88 Å². The molecule has 0 aliphatic carbocycles. The number of benzene rings is 2. The first-order chi connectivity index (χ1) is 12.2. The number of para-hydroxylation sites is 2. The molecule has 0 aliphatic heterocycles. The fraction of sp³-hybridized carbons (Fsp3) is 0.158. The van der Waals surface area contributed by atoms with Crippen LogP contribution in [0, 0.1) is 6.92 Å². The third-order valence-corrected chi connectivity index (χ3v) is 4.67. The first-order valence-electron chi connectivity index (χ1n) is 7.68. The average molecular weight is 373 g/mol. The number of ether oxygens (including phenoxy) is 2. The van der Waals surface area contributed by atoms with E-state index in [4.69, 9.17) is 21.1 Å². The largest absolute Gasteiger partial charge is 0.493 e. The lowest BCUT2D eigenvalue weighted by atomic mass is 10.2. The number of rotatable bonds is 6. The molecular weight excluding hydrogens is 356 g/mol. The zero-order valence-corrected chi connectivity index (χ0v) is 15.5. The summed E-state index contributed by atoms with van der Waals surface area (Å²) in [6.07, 6.45) is 0. The molecule has 2 aromatic carbocycles. The molecule has 0 spiro atoms. The molecule has 1 aromatic heterocycles. The van der Waals surface area contributed by atoms with Gasteiger partial charge in [-0.15, -0.1) is 0 Å². The molecule has 3 rings (SSSR count). The lowest BCUT2D eigenvalue weighted by Crippen LogP contribution is -1.96. The molecule has 0 unspecified atom stereocenters. The molecule has 4 nitrogen and oxygen atoms in total. The first kappa shape index (κ1) is 17.6. The molecule has 0 saturated heterocycles. The molecule has 0 aliphatic rings. The molecule has 0 radical (unpaired) electrons. The summed E-state index contributed by atoms with van der Waals surface area (Å²) in [6, 6.07) is 17.0. The maximum absolute atomic E-state index is 6.20. The highest BCUT2D eigenvalue weighted by molar-refractivity contribution is 7.98. The van der Waals surface area contributed by atoms with Crippen LogP contribution in [-0.4, -0.2) is 17.1 Å². The van der Waals surface area contributed by atoms with E-state index in [2.05, 4.69) is 9.97 Å². The standard InChI is InChI=1S/C19H17ClN2O2S/c1-13-11-18(24-17-10-6-5-9-16(17)23-2)22-19(21-13)25-12-14-7-3-4-8-15(14)20/h3-11H,12H2,1-2H3. The normalized spacial score (nSPS) is 10.5. The second-order valence-electron chi connectivity index (χ2n) is 5.26. The van der Waals surface area contributed by atoms with E-state index in [9.17, 15) is 0 Å². The van der Waals surface area contributed by atoms with Crippen LogP contribution in [0.3, 0.4) is 0 Å². The van der Waals surface area contributed by atoms with Crippen molar-refractivity contribution >= 4 is 23.4 Å². The molecule has 0 bridgehead atoms. The molecule has 3 aromatic rings. The predicted octanol–water partition coefficient (Wildman–Crippen LogP) is 5.53. The van der Waals surface area contributed by atoms with Gasteiger partial charge >= 0.3 is 0 Å². The van der Waals surface area contributed by atoms with Crippen LogP contribution in [-0.2, 0) is 5.75 Å². The van der Waals surface area contributed by atoms with Crippen LogP contribution in [0.5, 0.6) is 17.4 Å². The van der Waals surface area contributed by atoms with Gasteiger partial charge in [0.1, 0.15) is 0 Å². The van der Waals surface area contributed by atoms with Gasteiger partial charge in [0, 0.05) is 22.5 Å². The average Bonchev–Trinajstić information content (AvgIpc) is 2.61. The number of aryl methyl sites for hydroxylation is 1. The molecular formula is C19H17ClN2O2S. The molecule has 6 heteroatoms. The van der Waals surface area contributed by atoms with E-state index in [0.29, 0.717) is 28.3 Å². The van der Waals surface area contributed by atoms with Crippen LogP contribution in [0.1, 0.15) is 11.3 Å². The van der Waals surface area contributed by atoms with Gasteiger partial charge in [-0.2, -0.15) is 4.98 Å². The van der Waals surface area contributed by atoms with Gasteiger partial charge in [0.05, 0.1) is 7.11 Å². The Morgan fingerprint density at radius 3 is 2.48 bits per heavy atom. The van der Waals surface area contributed by atoms with Crippen LogP contribution >= 0.6 is 23.4 Å². The van der Waals surface area contributed by atoms with Crippen molar-refractivity contribution in [3.05, 3.63) is 70.9 Å². The van der Waals surface area contributed by atoms with E-state index < -0.39 is 0 Å². The topological polar surface area (TPSA) is 44.2 Å². The summed E-state index contributed by atoms with van der Waals surface area (Å²) in [7, 11) is 1.61. The van der Waals surface area contributed by atoms with E-state index in [1.165, 1.54) is 11.8 Å². The number of methoxy groups -OCH3 is 1. The van der Waals surface area contributed by atoms with Gasteiger partial charge in [-0.3, -0.25) is 0 Å². The maximum atomic E-state index is 6.20. The summed E-state index contributed by atoms with van der Waals surface area (Å²) < 4.78 is 11.2. The molecule has 0 fully saturated rings. The Labute approximate surface area is 156 Å². The van der Waals surface area contributed by atoms with Crippen molar-refractivity contribution in [2.45, 2.75) is 17.8 Å². The highest BCUT2D eigenvalue weighted by Gasteiger charge is 2.09. The van der Waals surface area contributed by atoms with Crippen LogP contribution in [0.25, 0.3) is 0 Å². The second-order valence-corrected chi connectivity index (χ2v) is 6.61. The lowest BCUT2D eigenvalue weighted by Gasteiger charge is -2.10. The zero-order chi connectivity index (χ0) is 17.6. The van der Waals surface area contributed by atoms with Crippen LogP contribution in [0.15, 0.2) is 59.8 Å². The Bertz CT molecular complexity index is 874. The van der Waals surface area contributed by atoms with Crippen LogP contribution in [0.2, 0.25) is 5.02 Å². The van der Waals surface area contributed by atoms with Crippen molar-refractivity contribution in [2.24, 2.45) is 0 Å². The van der Waals surface area contributed by atoms with E-state index >= 15 is 0 Å². The number of aromatic nitrogens is 2. The monoisotopic (exact) mass is 372 g/mol. The van der Waals surface area contributed by atoms with Gasteiger partial charge in [-0.1, -0.05) is 53.7 Å². The number of halogens is 1. The Hall–Kier alpha value is -2.24. The van der Waals surface area contributed by atoms with E-state index in [0.717, 1.165) is 16.3 Å². The van der Waals surface area contributed by atoms with Crippen LogP contribution in [0.4, 0.5) is 0 Å². The van der Waals surface area contributed by atoms with Crippen molar-refractivity contribution in [3.63, 3.8) is 0 Å². The Balaban J connectivity index is 1.77. The highest BCUT2D eigenvalue weighted by Crippen LogP contribution is 2.31. The fourth-order valence-electron chi connectivity index (χ4n) is 2.20.